The van der Waals surface area contributed by atoms with Crippen LogP contribution >= 0.6 is 0 Å². The Labute approximate surface area is 135 Å². The second-order valence-electron chi connectivity index (χ2n) is 6.17. The van der Waals surface area contributed by atoms with Crippen LogP contribution in [0, 0.1) is 6.92 Å². The number of hydrogen-bond donors (Lipinski definition) is 2. The van der Waals surface area contributed by atoms with E-state index in [-0.39, 0.29) is 0 Å². The van der Waals surface area contributed by atoms with E-state index >= 15 is 0 Å². The second kappa shape index (κ2) is 8.79. The van der Waals surface area contributed by atoms with Crippen LogP contribution in [-0.2, 0) is 6.54 Å². The Kier molecular flexibility index (Phi) is 6.72. The Balaban J connectivity index is 1.75. The first kappa shape index (κ1) is 16.8. The lowest BCUT2D eigenvalue weighted by atomic mass is 10.1. The van der Waals surface area contributed by atoms with Gasteiger partial charge in [0.05, 0.1) is 0 Å². The molecule has 1 fully saturated rings. The van der Waals surface area contributed by atoms with Gasteiger partial charge in [-0.25, -0.2) is 0 Å². The number of likely N-dealkylation sites (tertiary alicyclic amines) is 1. The highest BCUT2D eigenvalue weighted by atomic mass is 15.2. The number of aliphatic imine (C=N–C) groups is 1. The molecule has 2 rings (SSSR count). The monoisotopic (exact) mass is 302 g/mol. The van der Waals surface area contributed by atoms with E-state index in [0.717, 1.165) is 12.5 Å². The average molecular weight is 302 g/mol. The van der Waals surface area contributed by atoms with Crippen molar-refractivity contribution in [2.24, 2.45) is 4.99 Å². The minimum atomic E-state index is 0.539. The minimum Gasteiger partial charge on any atom is -0.354 e. The summed E-state index contributed by atoms with van der Waals surface area (Å²) in [4.78, 5) is 6.91. The van der Waals surface area contributed by atoms with Crippen molar-refractivity contribution < 1.29 is 0 Å². The zero-order valence-corrected chi connectivity index (χ0v) is 14.2. The fourth-order valence-electron chi connectivity index (χ4n) is 2.90. The van der Waals surface area contributed by atoms with Crippen molar-refractivity contribution in [3.05, 3.63) is 35.4 Å². The van der Waals surface area contributed by atoms with E-state index in [1.807, 2.05) is 7.05 Å². The van der Waals surface area contributed by atoms with Crippen LogP contribution < -0.4 is 10.6 Å². The molecule has 0 aromatic heterocycles. The molecule has 4 heteroatoms. The zero-order valence-electron chi connectivity index (χ0n) is 14.2. The maximum Gasteiger partial charge on any atom is 0.191 e. The molecule has 0 bridgehead atoms. The third-order valence-corrected chi connectivity index (χ3v) is 4.27. The van der Waals surface area contributed by atoms with Crippen LogP contribution in [0.15, 0.2) is 29.3 Å². The van der Waals surface area contributed by atoms with Crippen molar-refractivity contribution in [1.82, 2.24) is 15.5 Å². The Morgan fingerprint density at radius 3 is 2.50 bits per heavy atom. The van der Waals surface area contributed by atoms with Gasteiger partial charge in [-0.1, -0.05) is 36.8 Å². The molecule has 4 nitrogen and oxygen atoms in total. The lowest BCUT2D eigenvalue weighted by molar-refractivity contribution is 0.206. The van der Waals surface area contributed by atoms with Gasteiger partial charge >= 0.3 is 0 Å². The third-order valence-electron chi connectivity index (χ3n) is 4.27. The SMILES string of the molecule is CCCN1CCC(NC(=NC)NCc2ccc(C)cc2)CC1. The summed E-state index contributed by atoms with van der Waals surface area (Å²) in [5, 5.41) is 6.98. The molecule has 0 spiro atoms. The van der Waals surface area contributed by atoms with Crippen molar-refractivity contribution in [3.63, 3.8) is 0 Å². The van der Waals surface area contributed by atoms with Crippen LogP contribution in [0.1, 0.15) is 37.3 Å². The smallest absolute Gasteiger partial charge is 0.191 e. The van der Waals surface area contributed by atoms with E-state index in [0.29, 0.717) is 6.04 Å². The molecule has 0 radical (unpaired) electrons. The quantitative estimate of drug-likeness (QED) is 0.648. The highest BCUT2D eigenvalue weighted by molar-refractivity contribution is 5.79. The van der Waals surface area contributed by atoms with Gasteiger partial charge < -0.3 is 15.5 Å². The fraction of sp³-hybridized carbons (Fsp3) is 0.611. The molecule has 1 aromatic carbocycles. The van der Waals surface area contributed by atoms with Crippen LogP contribution in [-0.4, -0.2) is 43.6 Å². The van der Waals surface area contributed by atoms with Gasteiger partial charge in [-0.15, -0.1) is 0 Å². The first-order chi connectivity index (χ1) is 10.7. The van der Waals surface area contributed by atoms with Crippen molar-refractivity contribution in [2.75, 3.05) is 26.7 Å². The standard InChI is InChI=1S/C18H30N4/c1-4-11-22-12-9-17(10-13-22)21-18(19-3)20-14-16-7-5-15(2)6-8-16/h5-8,17H,4,9-14H2,1-3H3,(H2,19,20,21). The molecule has 2 N–H and O–H groups in total. The molecule has 22 heavy (non-hydrogen) atoms. The number of benzene rings is 1. The van der Waals surface area contributed by atoms with Crippen molar-refractivity contribution >= 4 is 5.96 Å². The zero-order chi connectivity index (χ0) is 15.8. The summed E-state index contributed by atoms with van der Waals surface area (Å²) in [5.74, 6) is 0.912. The van der Waals surface area contributed by atoms with Gasteiger partial charge in [0.15, 0.2) is 5.96 Å². The minimum absolute atomic E-state index is 0.539. The molecule has 1 aliphatic rings. The number of nitrogens with zero attached hydrogens (tertiary/aromatic N) is 2. The summed E-state index contributed by atoms with van der Waals surface area (Å²) >= 11 is 0. The Morgan fingerprint density at radius 2 is 1.91 bits per heavy atom. The number of aryl methyl sites for hydroxylation is 1. The molecule has 1 aromatic rings. The van der Waals surface area contributed by atoms with Crippen LogP contribution in [0.3, 0.4) is 0 Å². The molecular weight excluding hydrogens is 272 g/mol. The van der Waals surface area contributed by atoms with Crippen LogP contribution in [0.5, 0.6) is 0 Å². The normalized spacial score (nSPS) is 17.5. The molecule has 1 saturated heterocycles. The molecule has 122 valence electrons. The summed E-state index contributed by atoms with van der Waals surface area (Å²) in [6.45, 7) is 8.80. The van der Waals surface area contributed by atoms with Crippen LogP contribution in [0.25, 0.3) is 0 Å². The van der Waals surface area contributed by atoms with E-state index < -0.39 is 0 Å². The maximum absolute atomic E-state index is 4.35. The summed E-state index contributed by atoms with van der Waals surface area (Å²) in [7, 11) is 1.84. The Morgan fingerprint density at radius 1 is 1.23 bits per heavy atom. The molecule has 1 heterocycles. The number of guanidine groups is 1. The molecule has 0 saturated carbocycles. The summed E-state index contributed by atoms with van der Waals surface area (Å²) in [6, 6.07) is 9.17. The van der Waals surface area contributed by atoms with Crippen LogP contribution in [0.4, 0.5) is 0 Å². The number of nitrogens with one attached hydrogen (secondary N) is 2. The molecule has 0 atom stereocenters. The fourth-order valence-corrected chi connectivity index (χ4v) is 2.90. The third kappa shape index (κ3) is 5.34. The highest BCUT2D eigenvalue weighted by Crippen LogP contribution is 2.10. The maximum atomic E-state index is 4.35. The van der Waals surface area contributed by atoms with E-state index in [2.05, 4.69) is 58.6 Å². The Hall–Kier alpha value is -1.55. The highest BCUT2D eigenvalue weighted by Gasteiger charge is 2.19. The summed E-state index contributed by atoms with van der Waals surface area (Å²) in [6.07, 6.45) is 3.65. The molecule has 1 aliphatic heterocycles. The second-order valence-corrected chi connectivity index (χ2v) is 6.17. The number of piperidine rings is 1. The van der Waals surface area contributed by atoms with Crippen molar-refractivity contribution in [2.45, 2.75) is 45.7 Å². The summed E-state index contributed by atoms with van der Waals surface area (Å²) in [5.41, 5.74) is 2.58. The van der Waals surface area contributed by atoms with E-state index in [4.69, 9.17) is 0 Å². The van der Waals surface area contributed by atoms with E-state index in [1.54, 1.807) is 0 Å². The van der Waals surface area contributed by atoms with Gasteiger partial charge in [-0.2, -0.15) is 0 Å². The van der Waals surface area contributed by atoms with Gasteiger partial charge in [0, 0.05) is 32.7 Å². The molecule has 0 unspecified atom stereocenters. The molecule has 0 amide bonds. The van der Waals surface area contributed by atoms with Crippen molar-refractivity contribution in [3.8, 4) is 0 Å². The number of hydrogen-bond acceptors (Lipinski definition) is 2. The number of rotatable bonds is 5. The first-order valence-corrected chi connectivity index (χ1v) is 8.46. The van der Waals surface area contributed by atoms with E-state index in [1.165, 1.54) is 50.0 Å². The topological polar surface area (TPSA) is 39.7 Å². The van der Waals surface area contributed by atoms with Gasteiger partial charge in [0.2, 0.25) is 0 Å². The van der Waals surface area contributed by atoms with Gasteiger partial charge in [0.25, 0.3) is 0 Å². The first-order valence-electron chi connectivity index (χ1n) is 8.46. The van der Waals surface area contributed by atoms with Gasteiger partial charge in [-0.3, -0.25) is 4.99 Å². The predicted molar refractivity (Wildman–Crippen MR) is 94.3 cm³/mol. The van der Waals surface area contributed by atoms with Gasteiger partial charge in [-0.05, 0) is 38.3 Å². The Bertz CT molecular complexity index is 458. The molecule has 0 aliphatic carbocycles. The lowest BCUT2D eigenvalue weighted by Crippen LogP contribution is -2.48. The summed E-state index contributed by atoms with van der Waals surface area (Å²) < 4.78 is 0. The van der Waals surface area contributed by atoms with Crippen LogP contribution in [0.2, 0.25) is 0 Å². The predicted octanol–water partition coefficient (Wildman–Crippen LogP) is 2.53. The lowest BCUT2D eigenvalue weighted by Gasteiger charge is -2.32. The van der Waals surface area contributed by atoms with Crippen molar-refractivity contribution in [1.29, 1.82) is 0 Å². The van der Waals surface area contributed by atoms with E-state index in [9.17, 15) is 0 Å². The molecular formula is C18H30N4. The van der Waals surface area contributed by atoms with Gasteiger partial charge in [0.1, 0.15) is 0 Å². The largest absolute Gasteiger partial charge is 0.354 e. The average Bonchev–Trinajstić information content (AvgIpc) is 2.55.